The minimum Gasteiger partial charge on any atom is -0.480 e. The Morgan fingerprint density at radius 2 is 2.20 bits per heavy atom. The van der Waals surface area contributed by atoms with Crippen LogP contribution in [-0.4, -0.2) is 24.9 Å². The summed E-state index contributed by atoms with van der Waals surface area (Å²) in [6.45, 7) is 1.89. The molecule has 0 aromatic carbocycles. The molecule has 20 heavy (non-hydrogen) atoms. The first-order valence-corrected chi connectivity index (χ1v) is 8.27. The molecular formula is C11H12ClN3O3S2. The van der Waals surface area contributed by atoms with Gasteiger partial charge in [-0.25, -0.2) is 13.4 Å². The van der Waals surface area contributed by atoms with E-state index in [1.807, 2.05) is 6.92 Å². The number of anilines is 1. The number of methoxy groups -OCH3 is 1. The van der Waals surface area contributed by atoms with E-state index in [1.54, 1.807) is 6.07 Å². The van der Waals surface area contributed by atoms with Crippen molar-refractivity contribution in [1.82, 2.24) is 9.36 Å². The predicted molar refractivity (Wildman–Crippen MR) is 78.1 cm³/mol. The van der Waals surface area contributed by atoms with Crippen LogP contribution in [0.2, 0.25) is 5.02 Å². The van der Waals surface area contributed by atoms with Crippen molar-refractivity contribution in [2.45, 2.75) is 17.6 Å². The molecule has 9 heteroatoms. The minimum absolute atomic E-state index is 0.0631. The first-order chi connectivity index (χ1) is 9.46. The van der Waals surface area contributed by atoms with E-state index in [2.05, 4.69) is 14.1 Å². The number of sulfonamides is 1. The van der Waals surface area contributed by atoms with Crippen LogP contribution in [0.5, 0.6) is 5.88 Å². The molecule has 2 aromatic heterocycles. The van der Waals surface area contributed by atoms with Crippen molar-refractivity contribution in [2.75, 3.05) is 11.8 Å². The van der Waals surface area contributed by atoms with Crippen LogP contribution in [0.3, 0.4) is 0 Å². The Bertz CT molecular complexity index is 715. The SMILES string of the molecule is CCc1cc(Cl)cnc1NS(=O)(=O)c1cc(OC)ns1. The zero-order valence-corrected chi connectivity index (χ0v) is 13.1. The van der Waals surface area contributed by atoms with Gasteiger partial charge in [-0.2, -0.15) is 4.37 Å². The summed E-state index contributed by atoms with van der Waals surface area (Å²) in [7, 11) is -2.30. The van der Waals surface area contributed by atoms with Gasteiger partial charge in [0, 0.05) is 12.3 Å². The molecular weight excluding hydrogens is 322 g/mol. The molecule has 0 radical (unpaired) electrons. The summed E-state index contributed by atoms with van der Waals surface area (Å²) >= 11 is 6.68. The molecule has 2 aromatic rings. The lowest BCUT2D eigenvalue weighted by molar-refractivity contribution is 0.402. The maximum Gasteiger partial charge on any atom is 0.274 e. The monoisotopic (exact) mass is 333 g/mol. The molecule has 0 saturated heterocycles. The van der Waals surface area contributed by atoms with Gasteiger partial charge in [0.25, 0.3) is 10.0 Å². The summed E-state index contributed by atoms with van der Waals surface area (Å²) in [5, 5.41) is 0.462. The van der Waals surface area contributed by atoms with Crippen LogP contribution >= 0.6 is 23.1 Å². The highest BCUT2D eigenvalue weighted by atomic mass is 35.5. The highest BCUT2D eigenvalue weighted by Gasteiger charge is 2.20. The van der Waals surface area contributed by atoms with Crippen molar-refractivity contribution in [3.63, 3.8) is 0 Å². The number of aryl methyl sites for hydroxylation is 1. The summed E-state index contributed by atoms with van der Waals surface area (Å²) in [4.78, 5) is 4.02. The van der Waals surface area contributed by atoms with E-state index in [4.69, 9.17) is 16.3 Å². The Morgan fingerprint density at radius 3 is 2.80 bits per heavy atom. The number of hydrogen-bond acceptors (Lipinski definition) is 6. The molecule has 0 atom stereocenters. The maximum atomic E-state index is 12.2. The number of halogens is 1. The van der Waals surface area contributed by atoms with E-state index in [9.17, 15) is 8.42 Å². The number of ether oxygens (including phenoxy) is 1. The molecule has 0 aliphatic heterocycles. The summed E-state index contributed by atoms with van der Waals surface area (Å²) in [6, 6.07) is 3.04. The molecule has 2 heterocycles. The van der Waals surface area contributed by atoms with Gasteiger partial charge < -0.3 is 4.74 Å². The highest BCUT2D eigenvalue weighted by molar-refractivity contribution is 7.94. The fourth-order valence-electron chi connectivity index (χ4n) is 1.49. The zero-order valence-electron chi connectivity index (χ0n) is 10.8. The zero-order chi connectivity index (χ0) is 14.8. The average molecular weight is 334 g/mol. The topological polar surface area (TPSA) is 81.2 Å². The average Bonchev–Trinajstić information content (AvgIpc) is 2.90. The third-order valence-corrected chi connectivity index (χ3v) is 5.25. The van der Waals surface area contributed by atoms with Crippen molar-refractivity contribution in [1.29, 1.82) is 0 Å². The third-order valence-electron chi connectivity index (χ3n) is 2.49. The van der Waals surface area contributed by atoms with E-state index in [1.165, 1.54) is 19.4 Å². The lowest BCUT2D eigenvalue weighted by Crippen LogP contribution is -2.14. The molecule has 0 aliphatic rings. The molecule has 0 unspecified atom stereocenters. The van der Waals surface area contributed by atoms with E-state index >= 15 is 0 Å². The Balaban J connectivity index is 2.33. The molecule has 0 aliphatic carbocycles. The lowest BCUT2D eigenvalue weighted by Gasteiger charge is -2.09. The van der Waals surface area contributed by atoms with E-state index in [0.717, 1.165) is 17.1 Å². The van der Waals surface area contributed by atoms with E-state index in [0.29, 0.717) is 11.4 Å². The van der Waals surface area contributed by atoms with Gasteiger partial charge in [0.05, 0.1) is 12.1 Å². The summed E-state index contributed by atoms with van der Waals surface area (Å²) < 4.78 is 35.7. The molecule has 0 bridgehead atoms. The van der Waals surface area contributed by atoms with Crippen LogP contribution in [-0.2, 0) is 16.4 Å². The lowest BCUT2D eigenvalue weighted by atomic mass is 10.2. The molecule has 2 rings (SSSR count). The van der Waals surface area contributed by atoms with Crippen LogP contribution in [0.15, 0.2) is 22.5 Å². The second-order valence-corrected chi connectivity index (χ2v) is 6.96. The van der Waals surface area contributed by atoms with Crippen LogP contribution in [0.1, 0.15) is 12.5 Å². The van der Waals surface area contributed by atoms with Gasteiger partial charge >= 0.3 is 0 Å². The number of nitrogens with zero attached hydrogens (tertiary/aromatic N) is 2. The van der Waals surface area contributed by atoms with Gasteiger partial charge in [-0.3, -0.25) is 4.72 Å². The van der Waals surface area contributed by atoms with Gasteiger partial charge in [-0.05, 0) is 29.6 Å². The Morgan fingerprint density at radius 1 is 1.45 bits per heavy atom. The van der Waals surface area contributed by atoms with Crippen molar-refractivity contribution < 1.29 is 13.2 Å². The Labute approximate surface area is 126 Å². The maximum absolute atomic E-state index is 12.2. The van der Waals surface area contributed by atoms with Crippen LogP contribution in [0.4, 0.5) is 5.82 Å². The predicted octanol–water partition coefficient (Wildman–Crippen LogP) is 2.56. The van der Waals surface area contributed by atoms with E-state index in [-0.39, 0.29) is 15.9 Å². The molecule has 0 spiro atoms. The van der Waals surface area contributed by atoms with Crippen LogP contribution < -0.4 is 9.46 Å². The van der Waals surface area contributed by atoms with Gasteiger partial charge in [0.1, 0.15) is 5.82 Å². The second-order valence-electron chi connectivity index (χ2n) is 3.81. The standard InChI is InChI=1S/C11H12ClN3O3S2/c1-3-7-4-8(12)6-13-11(7)15-20(16,17)10-5-9(18-2)14-19-10/h4-6H,3H2,1-2H3,(H,13,15). The number of hydrogen-bond donors (Lipinski definition) is 1. The van der Waals surface area contributed by atoms with Crippen LogP contribution in [0.25, 0.3) is 0 Å². The normalized spacial score (nSPS) is 11.3. The largest absolute Gasteiger partial charge is 0.480 e. The second kappa shape index (κ2) is 5.94. The number of rotatable bonds is 5. The van der Waals surface area contributed by atoms with Crippen molar-refractivity contribution >= 4 is 39.0 Å². The molecule has 6 nitrogen and oxygen atoms in total. The molecule has 1 N–H and O–H groups in total. The highest BCUT2D eigenvalue weighted by Crippen LogP contribution is 2.25. The van der Waals surface area contributed by atoms with Crippen molar-refractivity contribution in [2.24, 2.45) is 0 Å². The van der Waals surface area contributed by atoms with Crippen LogP contribution in [0, 0.1) is 0 Å². The third kappa shape index (κ3) is 3.20. The van der Waals surface area contributed by atoms with Gasteiger partial charge in [-0.1, -0.05) is 18.5 Å². The molecule has 108 valence electrons. The van der Waals surface area contributed by atoms with Gasteiger partial charge in [-0.15, -0.1) is 0 Å². The Kier molecular flexibility index (Phi) is 4.46. The van der Waals surface area contributed by atoms with Crippen molar-refractivity contribution in [3.05, 3.63) is 28.9 Å². The first kappa shape index (κ1) is 15.0. The van der Waals surface area contributed by atoms with Gasteiger partial charge in [0.15, 0.2) is 4.21 Å². The molecule has 0 saturated carbocycles. The summed E-state index contributed by atoms with van der Waals surface area (Å²) in [5.74, 6) is 0.527. The molecule has 0 amide bonds. The minimum atomic E-state index is -3.73. The van der Waals surface area contributed by atoms with Gasteiger partial charge in [0.2, 0.25) is 5.88 Å². The number of pyridine rings is 1. The fourth-order valence-corrected chi connectivity index (χ4v) is 3.55. The quantitative estimate of drug-likeness (QED) is 0.909. The Hall–Kier alpha value is -1.38. The van der Waals surface area contributed by atoms with Crippen molar-refractivity contribution in [3.8, 4) is 5.88 Å². The first-order valence-electron chi connectivity index (χ1n) is 5.64. The number of aromatic nitrogens is 2. The summed E-state index contributed by atoms with van der Waals surface area (Å²) in [5.41, 5.74) is 0.720. The fraction of sp³-hybridized carbons (Fsp3) is 0.273. The van der Waals surface area contributed by atoms with E-state index < -0.39 is 10.0 Å². The number of nitrogens with one attached hydrogen (secondary N) is 1. The summed E-state index contributed by atoms with van der Waals surface area (Å²) in [6.07, 6.45) is 2.00. The molecule has 0 fully saturated rings. The smallest absolute Gasteiger partial charge is 0.274 e.